The highest BCUT2D eigenvalue weighted by Gasteiger charge is 2.38. The maximum atomic E-state index is 12.7. The van der Waals surface area contributed by atoms with Gasteiger partial charge in [-0.2, -0.15) is 0 Å². The van der Waals surface area contributed by atoms with Crippen molar-refractivity contribution in [1.29, 1.82) is 0 Å². The summed E-state index contributed by atoms with van der Waals surface area (Å²) in [5, 5.41) is 11.3. The molecule has 144 valence electrons. The highest BCUT2D eigenvalue weighted by molar-refractivity contribution is 8.26. The Balaban J connectivity index is 2.07. The molecule has 1 aliphatic rings. The van der Waals surface area contributed by atoms with Gasteiger partial charge >= 0.3 is 5.97 Å². The van der Waals surface area contributed by atoms with Gasteiger partial charge in [0.25, 0.3) is 5.91 Å². The molecule has 1 unspecified atom stereocenters. The first-order valence-corrected chi connectivity index (χ1v) is 9.47. The summed E-state index contributed by atoms with van der Waals surface area (Å²) in [4.78, 5) is 37.2. The number of thioether (sulfide) groups is 1. The fourth-order valence-electron chi connectivity index (χ4n) is 2.46. The number of carbonyl (C=O) groups excluding carboxylic acids is 2. The second-order valence-electron chi connectivity index (χ2n) is 5.76. The van der Waals surface area contributed by atoms with Gasteiger partial charge in [0, 0.05) is 18.5 Å². The van der Waals surface area contributed by atoms with Crippen LogP contribution in [0.1, 0.15) is 25.3 Å². The van der Waals surface area contributed by atoms with E-state index in [0.29, 0.717) is 21.4 Å². The molecule has 1 aromatic carbocycles. The van der Waals surface area contributed by atoms with E-state index < -0.39 is 12.0 Å². The van der Waals surface area contributed by atoms with Crippen molar-refractivity contribution in [3.63, 3.8) is 0 Å². The second kappa shape index (κ2) is 9.52. The molecule has 0 aromatic heterocycles. The van der Waals surface area contributed by atoms with Crippen molar-refractivity contribution in [2.45, 2.75) is 25.8 Å². The number of benzene rings is 1. The molecule has 1 fully saturated rings. The Bertz CT molecular complexity index is 794. The van der Waals surface area contributed by atoms with E-state index in [4.69, 9.17) is 22.1 Å². The number of carboxylic acids is 1. The van der Waals surface area contributed by atoms with Crippen molar-refractivity contribution in [2.75, 3.05) is 13.7 Å². The average Bonchev–Trinajstić information content (AvgIpc) is 2.91. The van der Waals surface area contributed by atoms with Gasteiger partial charge in [0.15, 0.2) is 0 Å². The molecule has 2 N–H and O–H groups in total. The molecule has 7 nitrogen and oxygen atoms in total. The van der Waals surface area contributed by atoms with Crippen molar-refractivity contribution in [3.8, 4) is 5.75 Å². The van der Waals surface area contributed by atoms with Gasteiger partial charge in [-0.1, -0.05) is 42.2 Å². The minimum atomic E-state index is -0.921. The second-order valence-corrected chi connectivity index (χ2v) is 7.43. The molecule has 1 saturated heterocycles. The number of methoxy groups -OCH3 is 1. The van der Waals surface area contributed by atoms with Crippen LogP contribution in [0.2, 0.25) is 0 Å². The van der Waals surface area contributed by atoms with E-state index >= 15 is 0 Å². The topological polar surface area (TPSA) is 95.9 Å². The van der Waals surface area contributed by atoms with Gasteiger partial charge in [0.2, 0.25) is 5.91 Å². The zero-order chi connectivity index (χ0) is 20.0. The summed E-state index contributed by atoms with van der Waals surface area (Å²) in [5.74, 6) is -1.01. The van der Waals surface area contributed by atoms with Crippen LogP contribution in [0.25, 0.3) is 6.08 Å². The Hall–Kier alpha value is -2.39. The zero-order valence-corrected chi connectivity index (χ0v) is 16.6. The van der Waals surface area contributed by atoms with Gasteiger partial charge in [-0.3, -0.25) is 19.3 Å². The van der Waals surface area contributed by atoms with E-state index in [-0.39, 0.29) is 24.8 Å². The number of thiocarbonyl (C=S) groups is 1. The third-order valence-corrected chi connectivity index (χ3v) is 5.21. The number of amides is 2. The molecule has 0 spiro atoms. The van der Waals surface area contributed by atoms with Crippen molar-refractivity contribution in [1.82, 2.24) is 10.2 Å². The highest BCUT2D eigenvalue weighted by Crippen LogP contribution is 2.35. The van der Waals surface area contributed by atoms with Gasteiger partial charge in [-0.05, 0) is 25.5 Å². The Kier molecular flexibility index (Phi) is 7.37. The zero-order valence-electron chi connectivity index (χ0n) is 14.9. The average molecular weight is 409 g/mol. The molecule has 1 atom stereocenters. The smallest absolute Gasteiger partial charge is 0.303 e. The number of carbonyl (C=O) groups is 3. The number of aliphatic carboxylic acids is 1. The van der Waals surface area contributed by atoms with E-state index in [0.717, 1.165) is 17.3 Å². The van der Waals surface area contributed by atoms with Crippen LogP contribution >= 0.6 is 24.0 Å². The van der Waals surface area contributed by atoms with Gasteiger partial charge in [-0.15, -0.1) is 0 Å². The normalized spacial score (nSPS) is 16.5. The molecule has 9 heteroatoms. The Morgan fingerprint density at radius 1 is 1.41 bits per heavy atom. The summed E-state index contributed by atoms with van der Waals surface area (Å²) < 4.78 is 5.58. The summed E-state index contributed by atoms with van der Waals surface area (Å²) >= 11 is 6.40. The number of carboxylic acid groups (broad SMARTS) is 1. The first kappa shape index (κ1) is 20.9. The number of ether oxygens (including phenoxy) is 1. The maximum absolute atomic E-state index is 12.7. The molecule has 0 saturated carbocycles. The molecule has 0 bridgehead atoms. The van der Waals surface area contributed by atoms with Crippen LogP contribution in [0, 0.1) is 0 Å². The number of para-hydroxylation sites is 1. The van der Waals surface area contributed by atoms with E-state index in [9.17, 15) is 14.4 Å². The predicted molar refractivity (Wildman–Crippen MR) is 107 cm³/mol. The Labute approximate surface area is 166 Å². The van der Waals surface area contributed by atoms with E-state index in [1.54, 1.807) is 26.2 Å². The SMILES string of the molecule is COc1ccccc1/C=C1\SC(=S)N(C(C)C(=O)NCCCC(=O)O)C1=O. The van der Waals surface area contributed by atoms with Crippen LogP contribution in [0.5, 0.6) is 5.75 Å². The number of rotatable bonds is 8. The van der Waals surface area contributed by atoms with Crippen molar-refractivity contribution in [3.05, 3.63) is 34.7 Å². The molecule has 0 aliphatic carbocycles. The van der Waals surface area contributed by atoms with E-state index in [1.807, 2.05) is 18.2 Å². The molecular formula is C18H20N2O5S2. The van der Waals surface area contributed by atoms with E-state index in [1.165, 1.54) is 4.90 Å². The van der Waals surface area contributed by atoms with Crippen LogP contribution in [-0.2, 0) is 14.4 Å². The minimum absolute atomic E-state index is 0.0304. The Morgan fingerprint density at radius 2 is 2.11 bits per heavy atom. The van der Waals surface area contributed by atoms with Crippen LogP contribution in [0.3, 0.4) is 0 Å². The molecule has 27 heavy (non-hydrogen) atoms. The molecule has 1 aliphatic heterocycles. The lowest BCUT2D eigenvalue weighted by Crippen LogP contribution is -2.47. The first-order chi connectivity index (χ1) is 12.8. The first-order valence-electron chi connectivity index (χ1n) is 8.24. The largest absolute Gasteiger partial charge is 0.496 e. The predicted octanol–water partition coefficient (Wildman–Crippen LogP) is 2.27. The van der Waals surface area contributed by atoms with E-state index in [2.05, 4.69) is 5.32 Å². The fraction of sp³-hybridized carbons (Fsp3) is 0.333. The summed E-state index contributed by atoms with van der Waals surface area (Å²) in [7, 11) is 1.55. The molecular weight excluding hydrogens is 388 g/mol. The van der Waals surface area contributed by atoms with Crippen LogP contribution in [0.15, 0.2) is 29.2 Å². The van der Waals surface area contributed by atoms with Crippen molar-refractivity contribution < 1.29 is 24.2 Å². The third-order valence-electron chi connectivity index (χ3n) is 3.88. The monoisotopic (exact) mass is 408 g/mol. The van der Waals surface area contributed by atoms with Gasteiger partial charge in [-0.25, -0.2) is 0 Å². The quantitative estimate of drug-likeness (QED) is 0.387. The third kappa shape index (κ3) is 5.30. The summed E-state index contributed by atoms with van der Waals surface area (Å²) in [6.07, 6.45) is 1.98. The standard InChI is InChI=1S/C18H20N2O5S2/c1-11(16(23)19-9-5-8-15(21)22)20-17(24)14(27-18(20)26)10-12-6-3-4-7-13(12)25-2/h3-4,6-7,10-11H,5,8-9H2,1-2H3,(H,19,23)(H,21,22)/b14-10-. The van der Waals surface area contributed by atoms with Gasteiger partial charge < -0.3 is 15.2 Å². The van der Waals surface area contributed by atoms with Crippen molar-refractivity contribution >= 4 is 52.2 Å². The number of nitrogens with one attached hydrogen (secondary N) is 1. The van der Waals surface area contributed by atoms with Crippen LogP contribution in [0.4, 0.5) is 0 Å². The summed E-state index contributed by atoms with van der Waals surface area (Å²) in [6, 6.07) is 6.50. The lowest BCUT2D eigenvalue weighted by Gasteiger charge is -2.22. The molecule has 0 radical (unpaired) electrons. The summed E-state index contributed by atoms with van der Waals surface area (Å²) in [6.45, 7) is 1.81. The number of hydrogen-bond acceptors (Lipinski definition) is 6. The van der Waals surface area contributed by atoms with Gasteiger partial charge in [0.05, 0.1) is 12.0 Å². The molecule has 1 aromatic rings. The molecule has 1 heterocycles. The number of hydrogen-bond donors (Lipinski definition) is 2. The summed E-state index contributed by atoms with van der Waals surface area (Å²) in [5.41, 5.74) is 0.742. The van der Waals surface area contributed by atoms with Gasteiger partial charge in [0.1, 0.15) is 16.1 Å². The van der Waals surface area contributed by atoms with Crippen LogP contribution in [-0.4, -0.2) is 51.8 Å². The fourth-order valence-corrected chi connectivity index (χ4v) is 3.87. The highest BCUT2D eigenvalue weighted by atomic mass is 32.2. The maximum Gasteiger partial charge on any atom is 0.303 e. The molecule has 2 rings (SSSR count). The number of nitrogens with zero attached hydrogens (tertiary/aromatic N) is 1. The minimum Gasteiger partial charge on any atom is -0.496 e. The lowest BCUT2D eigenvalue weighted by atomic mass is 10.1. The lowest BCUT2D eigenvalue weighted by molar-refractivity contribution is -0.137. The molecule has 2 amide bonds. The van der Waals surface area contributed by atoms with Crippen LogP contribution < -0.4 is 10.1 Å². The Morgan fingerprint density at radius 3 is 2.78 bits per heavy atom. The van der Waals surface area contributed by atoms with Crippen molar-refractivity contribution in [2.24, 2.45) is 0 Å².